The van der Waals surface area contributed by atoms with Crippen LogP contribution in [-0.2, 0) is 20.4 Å². The molecule has 5 nitrogen and oxygen atoms in total. The molecule has 0 spiro atoms. The van der Waals surface area contributed by atoms with Crippen molar-refractivity contribution in [3.63, 3.8) is 0 Å². The smallest absolute Gasteiger partial charge is 0.416 e. The van der Waals surface area contributed by atoms with E-state index in [9.17, 15) is 18.0 Å². The lowest BCUT2D eigenvalue weighted by Gasteiger charge is -2.29. The molecule has 1 unspecified atom stereocenters. The van der Waals surface area contributed by atoms with Crippen molar-refractivity contribution in [3.8, 4) is 0 Å². The summed E-state index contributed by atoms with van der Waals surface area (Å²) in [6, 6.07) is 5.25. The average Bonchev–Trinajstić information content (AvgIpc) is 2.66. The maximum atomic E-state index is 13.7. The van der Waals surface area contributed by atoms with Crippen molar-refractivity contribution >= 4 is 11.7 Å². The van der Waals surface area contributed by atoms with Gasteiger partial charge in [0.2, 0.25) is 0 Å². The Balaban J connectivity index is 2.54. The van der Waals surface area contributed by atoms with Gasteiger partial charge in [0.25, 0.3) is 0 Å². The summed E-state index contributed by atoms with van der Waals surface area (Å²) in [5, 5.41) is 4.23. The standard InChI is InChI=1S/C20H25F3N2O3/c1-4-11-28-19(26)17-13(3)24-25-16(10-12-27-5-2)18(17)14-8-6-7-9-15(14)20(21,22)23/h6-9,18,24H,4-5,10-12H2,1-3H3. The zero-order valence-electron chi connectivity index (χ0n) is 16.2. The van der Waals surface area contributed by atoms with E-state index < -0.39 is 23.6 Å². The van der Waals surface area contributed by atoms with Crippen molar-refractivity contribution < 1.29 is 27.4 Å². The first kappa shape index (κ1) is 21.9. The number of carbonyl (C=O) groups excluding carboxylic acids is 1. The largest absolute Gasteiger partial charge is 0.462 e. The first-order valence-electron chi connectivity index (χ1n) is 9.25. The van der Waals surface area contributed by atoms with E-state index in [4.69, 9.17) is 9.47 Å². The maximum Gasteiger partial charge on any atom is 0.416 e. The highest BCUT2D eigenvalue weighted by Crippen LogP contribution is 2.40. The molecule has 0 fully saturated rings. The number of rotatable bonds is 8. The molecule has 0 saturated heterocycles. The Morgan fingerprint density at radius 3 is 2.57 bits per heavy atom. The molecule has 0 aromatic heterocycles. The number of esters is 1. The molecule has 0 saturated carbocycles. The molecule has 0 bridgehead atoms. The Labute approximate surface area is 162 Å². The van der Waals surface area contributed by atoms with Crippen molar-refractivity contribution in [2.45, 2.75) is 45.7 Å². The SMILES string of the molecule is CCCOC(=O)C1=C(C)NN=C(CCOCC)C1c1ccccc1C(F)(F)F. The molecule has 0 radical (unpaired) electrons. The Hall–Kier alpha value is -2.35. The topological polar surface area (TPSA) is 59.9 Å². The number of hydrogen-bond donors (Lipinski definition) is 1. The summed E-state index contributed by atoms with van der Waals surface area (Å²) in [7, 11) is 0. The van der Waals surface area contributed by atoms with E-state index in [1.165, 1.54) is 18.2 Å². The van der Waals surface area contributed by atoms with Crippen molar-refractivity contribution in [1.29, 1.82) is 0 Å². The van der Waals surface area contributed by atoms with Gasteiger partial charge in [0.05, 0.1) is 36.0 Å². The molecule has 1 N–H and O–H groups in total. The van der Waals surface area contributed by atoms with Crippen molar-refractivity contribution in [3.05, 3.63) is 46.7 Å². The van der Waals surface area contributed by atoms with Crippen LogP contribution < -0.4 is 5.43 Å². The number of nitrogens with one attached hydrogen (secondary N) is 1. The molecule has 1 aliphatic heterocycles. The van der Waals surface area contributed by atoms with Gasteiger partial charge in [0.15, 0.2) is 0 Å². The number of allylic oxidation sites excluding steroid dienone is 1. The highest BCUT2D eigenvalue weighted by Gasteiger charge is 2.40. The van der Waals surface area contributed by atoms with Gasteiger partial charge in [0.1, 0.15) is 0 Å². The highest BCUT2D eigenvalue weighted by molar-refractivity contribution is 6.05. The minimum absolute atomic E-state index is 0.0189. The number of carbonyl (C=O) groups is 1. The molecular formula is C20H25F3N2O3. The van der Waals surface area contributed by atoms with Gasteiger partial charge in [-0.3, -0.25) is 5.43 Å². The van der Waals surface area contributed by atoms with E-state index in [2.05, 4.69) is 10.5 Å². The molecule has 1 aliphatic rings. The normalized spacial score (nSPS) is 17.2. The third-order valence-electron chi connectivity index (χ3n) is 4.33. The molecule has 8 heteroatoms. The van der Waals surface area contributed by atoms with Crippen LogP contribution in [0, 0.1) is 0 Å². The van der Waals surface area contributed by atoms with E-state index in [1.54, 1.807) is 6.92 Å². The maximum absolute atomic E-state index is 13.7. The summed E-state index contributed by atoms with van der Waals surface area (Å²) in [4.78, 5) is 12.7. The second kappa shape index (κ2) is 9.73. The molecule has 154 valence electrons. The monoisotopic (exact) mass is 398 g/mol. The van der Waals surface area contributed by atoms with Gasteiger partial charge in [-0.1, -0.05) is 25.1 Å². The summed E-state index contributed by atoms with van der Waals surface area (Å²) >= 11 is 0. The van der Waals surface area contributed by atoms with E-state index in [0.29, 0.717) is 24.4 Å². The van der Waals surface area contributed by atoms with Crippen molar-refractivity contribution in [2.24, 2.45) is 5.10 Å². The summed E-state index contributed by atoms with van der Waals surface area (Å²) in [5.41, 5.74) is 2.87. The van der Waals surface area contributed by atoms with Crippen molar-refractivity contribution in [2.75, 3.05) is 19.8 Å². The Morgan fingerprint density at radius 2 is 1.93 bits per heavy atom. The van der Waals surface area contributed by atoms with Gasteiger partial charge < -0.3 is 9.47 Å². The lowest BCUT2D eigenvalue weighted by Crippen LogP contribution is -2.33. The fourth-order valence-electron chi connectivity index (χ4n) is 3.07. The lowest BCUT2D eigenvalue weighted by atomic mass is 9.81. The molecule has 0 aliphatic carbocycles. The third-order valence-corrected chi connectivity index (χ3v) is 4.33. The first-order chi connectivity index (χ1) is 13.3. The Morgan fingerprint density at radius 1 is 1.21 bits per heavy atom. The molecule has 1 aromatic rings. The highest BCUT2D eigenvalue weighted by atomic mass is 19.4. The van der Waals surface area contributed by atoms with E-state index in [0.717, 1.165) is 6.07 Å². The zero-order valence-corrected chi connectivity index (χ0v) is 16.2. The number of ether oxygens (including phenoxy) is 2. The number of hydrogen-bond acceptors (Lipinski definition) is 5. The zero-order chi connectivity index (χ0) is 20.7. The minimum atomic E-state index is -4.56. The minimum Gasteiger partial charge on any atom is -0.462 e. The van der Waals surface area contributed by atoms with Crippen LogP contribution in [0.15, 0.2) is 40.6 Å². The van der Waals surface area contributed by atoms with E-state index >= 15 is 0 Å². The predicted octanol–water partition coefficient (Wildman–Crippen LogP) is 4.40. The number of nitrogens with zero attached hydrogens (tertiary/aromatic N) is 1. The quantitative estimate of drug-likeness (QED) is 0.521. The number of halogens is 3. The number of hydrazone groups is 1. The van der Waals surface area contributed by atoms with Gasteiger partial charge in [-0.15, -0.1) is 0 Å². The van der Waals surface area contributed by atoms with Crippen LogP contribution in [0.25, 0.3) is 0 Å². The Kier molecular flexibility index (Phi) is 7.62. The summed E-state index contributed by atoms with van der Waals surface area (Å²) in [6.45, 7) is 6.24. The first-order valence-corrected chi connectivity index (χ1v) is 9.25. The van der Waals surface area contributed by atoms with Crippen LogP contribution in [-0.4, -0.2) is 31.5 Å². The molecule has 1 aromatic carbocycles. The summed E-state index contributed by atoms with van der Waals surface area (Å²) in [5.74, 6) is -1.60. The summed E-state index contributed by atoms with van der Waals surface area (Å²) < 4.78 is 51.5. The van der Waals surface area contributed by atoms with Crippen LogP contribution in [0.2, 0.25) is 0 Å². The molecule has 0 amide bonds. The second-order valence-electron chi connectivity index (χ2n) is 6.35. The average molecular weight is 398 g/mol. The molecule has 2 rings (SSSR count). The van der Waals surface area contributed by atoms with Crippen LogP contribution in [0.3, 0.4) is 0 Å². The lowest BCUT2D eigenvalue weighted by molar-refractivity contribution is -0.140. The number of alkyl halides is 3. The molecular weight excluding hydrogens is 373 g/mol. The third kappa shape index (κ3) is 5.13. The Bertz CT molecular complexity index is 757. The molecule has 1 atom stereocenters. The van der Waals surface area contributed by atoms with Crippen molar-refractivity contribution in [1.82, 2.24) is 5.43 Å². The summed E-state index contributed by atoms with van der Waals surface area (Å²) in [6.07, 6.45) is -3.66. The van der Waals surface area contributed by atoms with Gasteiger partial charge in [0, 0.05) is 18.7 Å². The van der Waals surface area contributed by atoms with Gasteiger partial charge in [-0.25, -0.2) is 4.79 Å². The van der Waals surface area contributed by atoms with Gasteiger partial charge in [-0.2, -0.15) is 18.3 Å². The van der Waals surface area contributed by atoms with Crippen LogP contribution in [0.5, 0.6) is 0 Å². The van der Waals surface area contributed by atoms with Gasteiger partial charge >= 0.3 is 12.1 Å². The fraction of sp³-hybridized carbons (Fsp3) is 0.500. The second-order valence-corrected chi connectivity index (χ2v) is 6.35. The number of benzene rings is 1. The predicted molar refractivity (Wildman–Crippen MR) is 99.8 cm³/mol. The van der Waals surface area contributed by atoms with E-state index in [1.807, 2.05) is 13.8 Å². The molecule has 1 heterocycles. The van der Waals surface area contributed by atoms with Crippen LogP contribution in [0.1, 0.15) is 50.7 Å². The van der Waals surface area contributed by atoms with Gasteiger partial charge in [-0.05, 0) is 31.9 Å². The molecule has 28 heavy (non-hydrogen) atoms. The van der Waals surface area contributed by atoms with E-state index in [-0.39, 0.29) is 30.8 Å². The fourth-order valence-corrected chi connectivity index (χ4v) is 3.07. The van der Waals surface area contributed by atoms with Crippen LogP contribution in [0.4, 0.5) is 13.2 Å². The van der Waals surface area contributed by atoms with Crippen LogP contribution >= 0.6 is 0 Å².